The summed E-state index contributed by atoms with van der Waals surface area (Å²) in [5, 5.41) is 0. The van der Waals surface area contributed by atoms with Crippen molar-refractivity contribution < 1.29 is 28.6 Å². The van der Waals surface area contributed by atoms with Crippen molar-refractivity contribution in [3.63, 3.8) is 0 Å². The van der Waals surface area contributed by atoms with Gasteiger partial charge >= 0.3 is 17.9 Å². The van der Waals surface area contributed by atoms with Crippen molar-refractivity contribution in [3.8, 4) is 0 Å². The van der Waals surface area contributed by atoms with Gasteiger partial charge in [0.1, 0.15) is 13.2 Å². The molecule has 0 N–H and O–H groups in total. The molecule has 0 aromatic rings. The van der Waals surface area contributed by atoms with Crippen LogP contribution in [0.1, 0.15) is 194 Å². The molecule has 0 spiro atoms. The summed E-state index contributed by atoms with van der Waals surface area (Å²) < 4.78 is 16.6. The largest absolute Gasteiger partial charge is 0.462 e. The Morgan fingerprint density at radius 3 is 1.34 bits per heavy atom. The maximum Gasteiger partial charge on any atom is 0.306 e. The summed E-state index contributed by atoms with van der Waals surface area (Å²) in [6, 6.07) is 0. The van der Waals surface area contributed by atoms with Crippen LogP contribution in [0.25, 0.3) is 0 Å². The molecule has 6 nitrogen and oxygen atoms in total. The summed E-state index contributed by atoms with van der Waals surface area (Å²) in [6.07, 6.45) is 55.7. The number of hydrogen-bond donors (Lipinski definition) is 0. The number of hydrogen-bond acceptors (Lipinski definition) is 6. The highest BCUT2D eigenvalue weighted by Crippen LogP contribution is 2.13. The summed E-state index contributed by atoms with van der Waals surface area (Å²) in [5.74, 6) is -0.972. The molecular weight excluding hydrogens is 697 g/mol. The van der Waals surface area contributed by atoms with E-state index in [0.29, 0.717) is 19.3 Å². The van der Waals surface area contributed by atoms with Crippen molar-refractivity contribution >= 4 is 17.9 Å². The van der Waals surface area contributed by atoms with Crippen LogP contribution >= 0.6 is 0 Å². The van der Waals surface area contributed by atoms with Crippen LogP contribution in [-0.2, 0) is 28.6 Å². The predicted molar refractivity (Wildman–Crippen MR) is 237 cm³/mol. The van der Waals surface area contributed by atoms with Gasteiger partial charge in [-0.25, -0.2) is 0 Å². The molecule has 0 aliphatic carbocycles. The minimum atomic E-state index is -0.802. The molecular formula is C50H82O6. The molecule has 0 aliphatic rings. The van der Waals surface area contributed by atoms with Crippen LogP contribution in [0.2, 0.25) is 0 Å². The molecule has 0 aromatic heterocycles. The van der Waals surface area contributed by atoms with Gasteiger partial charge in [0.15, 0.2) is 6.10 Å². The second-order valence-corrected chi connectivity index (χ2v) is 14.6. The highest BCUT2D eigenvalue weighted by molar-refractivity contribution is 5.71. The van der Waals surface area contributed by atoms with E-state index < -0.39 is 6.10 Å². The first-order valence-electron chi connectivity index (χ1n) is 22.6. The SMILES string of the molecule is CC\C=C/C=C\C=C/CCCCCCCCCC(=O)OCC(COC(=O)CCCCCCC/C=C\CCCC)OC(=O)CCCC/C=C\C/C=C\C/C=C\CC. The van der Waals surface area contributed by atoms with Crippen molar-refractivity contribution in [2.24, 2.45) is 0 Å². The third kappa shape index (κ3) is 41.7. The maximum absolute atomic E-state index is 12.7. The molecule has 6 heteroatoms. The van der Waals surface area contributed by atoms with E-state index in [0.717, 1.165) is 96.3 Å². The fraction of sp³-hybridized carbons (Fsp3) is 0.660. The fourth-order valence-electron chi connectivity index (χ4n) is 5.79. The zero-order chi connectivity index (χ0) is 40.8. The standard InChI is InChI=1S/C50H82O6/c1-4-7-10-13-16-19-22-24-25-26-29-31-34-37-40-43-49(52)55-46-47(45-54-48(51)42-39-36-33-30-27-21-18-15-12-9-6-3)56-50(53)44-41-38-35-32-28-23-20-17-14-11-8-5-2/h7-8,10-11,13,15-20,22,28,32,47H,4-6,9,12,14,21,23-27,29-31,33-46H2,1-3H3/b10-7-,11-8-,16-13-,18-15-,20-17-,22-19-,32-28-. The second-order valence-electron chi connectivity index (χ2n) is 14.6. The van der Waals surface area contributed by atoms with E-state index in [1.807, 2.05) is 0 Å². The Hall–Kier alpha value is -3.41. The number of rotatable bonds is 39. The molecule has 0 aliphatic heterocycles. The van der Waals surface area contributed by atoms with Gasteiger partial charge in [0.25, 0.3) is 0 Å². The Kier molecular flexibility index (Phi) is 41.6. The number of unbranched alkanes of at least 4 members (excludes halogenated alkanes) is 16. The zero-order valence-electron chi connectivity index (χ0n) is 36.1. The van der Waals surface area contributed by atoms with E-state index in [1.54, 1.807) is 0 Å². The van der Waals surface area contributed by atoms with Gasteiger partial charge in [0, 0.05) is 19.3 Å². The van der Waals surface area contributed by atoms with Gasteiger partial charge in [-0.15, -0.1) is 0 Å². The van der Waals surface area contributed by atoms with Crippen molar-refractivity contribution in [1.29, 1.82) is 0 Å². The Balaban J connectivity index is 4.46. The summed E-state index contributed by atoms with van der Waals surface area (Å²) in [4.78, 5) is 37.7. The molecule has 0 bridgehead atoms. The molecule has 1 unspecified atom stereocenters. The van der Waals surface area contributed by atoms with Gasteiger partial charge in [-0.05, 0) is 89.9 Å². The van der Waals surface area contributed by atoms with E-state index in [9.17, 15) is 14.4 Å². The van der Waals surface area contributed by atoms with E-state index in [2.05, 4.69) is 106 Å². The summed E-state index contributed by atoms with van der Waals surface area (Å²) in [5.41, 5.74) is 0. The molecule has 0 amide bonds. The minimum Gasteiger partial charge on any atom is -0.462 e. The van der Waals surface area contributed by atoms with Gasteiger partial charge in [-0.2, -0.15) is 0 Å². The van der Waals surface area contributed by atoms with E-state index in [1.165, 1.54) is 51.4 Å². The first-order valence-corrected chi connectivity index (χ1v) is 22.6. The van der Waals surface area contributed by atoms with Crippen molar-refractivity contribution in [1.82, 2.24) is 0 Å². The van der Waals surface area contributed by atoms with Crippen molar-refractivity contribution in [3.05, 3.63) is 85.1 Å². The minimum absolute atomic E-state index is 0.102. The summed E-state index contributed by atoms with van der Waals surface area (Å²) >= 11 is 0. The summed E-state index contributed by atoms with van der Waals surface area (Å²) in [6.45, 7) is 6.27. The average Bonchev–Trinajstić information content (AvgIpc) is 3.19. The fourth-order valence-corrected chi connectivity index (χ4v) is 5.79. The lowest BCUT2D eigenvalue weighted by molar-refractivity contribution is -0.167. The van der Waals surface area contributed by atoms with Crippen LogP contribution in [0.5, 0.6) is 0 Å². The Morgan fingerprint density at radius 2 is 0.786 bits per heavy atom. The number of esters is 3. The topological polar surface area (TPSA) is 78.9 Å². The third-order valence-electron chi connectivity index (χ3n) is 9.18. The second kappa shape index (κ2) is 44.3. The highest BCUT2D eigenvalue weighted by Gasteiger charge is 2.19. The molecule has 0 saturated heterocycles. The zero-order valence-corrected chi connectivity index (χ0v) is 36.1. The van der Waals surface area contributed by atoms with Crippen LogP contribution in [0.4, 0.5) is 0 Å². The van der Waals surface area contributed by atoms with Gasteiger partial charge in [0.2, 0.25) is 0 Å². The molecule has 0 radical (unpaired) electrons. The van der Waals surface area contributed by atoms with Gasteiger partial charge < -0.3 is 14.2 Å². The Morgan fingerprint density at radius 1 is 0.393 bits per heavy atom. The van der Waals surface area contributed by atoms with Crippen LogP contribution in [0.15, 0.2) is 85.1 Å². The monoisotopic (exact) mass is 779 g/mol. The first kappa shape index (κ1) is 52.6. The summed E-state index contributed by atoms with van der Waals surface area (Å²) in [7, 11) is 0. The number of carbonyl (C=O) groups is 3. The molecule has 318 valence electrons. The maximum atomic E-state index is 12.7. The quantitative estimate of drug-likeness (QED) is 0.0203. The molecule has 0 rings (SSSR count). The van der Waals surface area contributed by atoms with E-state index >= 15 is 0 Å². The Labute approximate surface area is 344 Å². The van der Waals surface area contributed by atoms with E-state index in [-0.39, 0.29) is 37.5 Å². The normalized spacial score (nSPS) is 12.8. The van der Waals surface area contributed by atoms with Gasteiger partial charge in [-0.1, -0.05) is 170 Å². The van der Waals surface area contributed by atoms with Crippen molar-refractivity contribution in [2.45, 2.75) is 200 Å². The average molecular weight is 779 g/mol. The first-order chi connectivity index (χ1) is 27.5. The lowest BCUT2D eigenvalue weighted by atomic mass is 10.1. The van der Waals surface area contributed by atoms with Crippen molar-refractivity contribution in [2.75, 3.05) is 13.2 Å². The van der Waals surface area contributed by atoms with Crippen LogP contribution in [0, 0.1) is 0 Å². The number of ether oxygens (including phenoxy) is 3. The lowest BCUT2D eigenvalue weighted by Crippen LogP contribution is -2.30. The highest BCUT2D eigenvalue weighted by atomic mass is 16.6. The van der Waals surface area contributed by atoms with Crippen LogP contribution in [-0.4, -0.2) is 37.2 Å². The van der Waals surface area contributed by atoms with Gasteiger partial charge in [-0.3, -0.25) is 14.4 Å². The predicted octanol–water partition coefficient (Wildman–Crippen LogP) is 14.5. The Bertz CT molecular complexity index is 1120. The molecule has 0 fully saturated rings. The third-order valence-corrected chi connectivity index (χ3v) is 9.18. The lowest BCUT2D eigenvalue weighted by Gasteiger charge is -2.18. The molecule has 0 saturated carbocycles. The molecule has 1 atom stereocenters. The van der Waals surface area contributed by atoms with Gasteiger partial charge in [0.05, 0.1) is 0 Å². The molecule has 0 aromatic carbocycles. The van der Waals surface area contributed by atoms with E-state index in [4.69, 9.17) is 14.2 Å². The molecule has 0 heterocycles. The molecule has 56 heavy (non-hydrogen) atoms. The number of allylic oxidation sites excluding steroid dienone is 14. The smallest absolute Gasteiger partial charge is 0.306 e. The van der Waals surface area contributed by atoms with Crippen LogP contribution < -0.4 is 0 Å². The number of carbonyl (C=O) groups excluding carboxylic acids is 3. The van der Waals surface area contributed by atoms with Crippen LogP contribution in [0.3, 0.4) is 0 Å².